The molecule has 1 unspecified atom stereocenters. The van der Waals surface area contributed by atoms with Gasteiger partial charge < -0.3 is 0 Å². The summed E-state index contributed by atoms with van der Waals surface area (Å²) in [7, 11) is 1.17. The summed E-state index contributed by atoms with van der Waals surface area (Å²) < 4.78 is 0. The van der Waals surface area contributed by atoms with Crippen LogP contribution in [0.15, 0.2) is 0 Å². The lowest BCUT2D eigenvalue weighted by Crippen LogP contribution is -1.78. The molecule has 0 aliphatic rings. The predicted molar refractivity (Wildman–Crippen MR) is 47.9 cm³/mol. The van der Waals surface area contributed by atoms with E-state index in [0.29, 0.717) is 0 Å². The average Bonchev–Trinajstić information content (AvgIpc) is 1.89. The molecule has 0 rings (SSSR count). The van der Waals surface area contributed by atoms with E-state index in [1.165, 1.54) is 46.8 Å². The SMILES string of the molecule is CCCCCCCPC. The van der Waals surface area contributed by atoms with Gasteiger partial charge in [-0.2, -0.15) is 0 Å². The van der Waals surface area contributed by atoms with Crippen molar-refractivity contribution in [3.63, 3.8) is 0 Å². The Balaban J connectivity index is 2.60. The Bertz CT molecular complexity index is 37.8. The average molecular weight is 146 g/mol. The van der Waals surface area contributed by atoms with E-state index in [1.807, 2.05) is 0 Å². The standard InChI is InChI=1S/C8H19P/c1-3-4-5-6-7-8-9-2/h9H,3-8H2,1-2H3. The van der Waals surface area contributed by atoms with E-state index in [2.05, 4.69) is 13.6 Å². The lowest BCUT2D eigenvalue weighted by molar-refractivity contribution is 0.659. The Morgan fingerprint density at radius 2 is 1.67 bits per heavy atom. The molecule has 0 spiro atoms. The number of hydrogen-bond donors (Lipinski definition) is 0. The summed E-state index contributed by atoms with van der Waals surface area (Å²) >= 11 is 0. The topological polar surface area (TPSA) is 0 Å². The molecule has 0 fully saturated rings. The first-order valence-corrected chi connectivity index (χ1v) is 5.77. The van der Waals surface area contributed by atoms with Gasteiger partial charge in [0.1, 0.15) is 0 Å². The summed E-state index contributed by atoms with van der Waals surface area (Å²) in [6.45, 7) is 4.56. The molecule has 0 radical (unpaired) electrons. The predicted octanol–water partition coefficient (Wildman–Crippen LogP) is 3.27. The van der Waals surface area contributed by atoms with Gasteiger partial charge in [0.25, 0.3) is 0 Å². The van der Waals surface area contributed by atoms with Gasteiger partial charge in [0.05, 0.1) is 0 Å². The third-order valence-electron chi connectivity index (χ3n) is 1.53. The number of hydrogen-bond acceptors (Lipinski definition) is 0. The highest BCUT2D eigenvalue weighted by Crippen LogP contribution is 2.09. The smallest absolute Gasteiger partial charge is 0.0356 e. The molecular formula is C8H19P. The molecule has 0 aliphatic carbocycles. The molecule has 1 heteroatoms. The van der Waals surface area contributed by atoms with Crippen molar-refractivity contribution in [3.05, 3.63) is 0 Å². The zero-order valence-corrected chi connectivity index (χ0v) is 7.74. The van der Waals surface area contributed by atoms with Crippen molar-refractivity contribution in [2.24, 2.45) is 0 Å². The van der Waals surface area contributed by atoms with Crippen molar-refractivity contribution in [3.8, 4) is 0 Å². The van der Waals surface area contributed by atoms with Crippen LogP contribution in [-0.2, 0) is 0 Å². The van der Waals surface area contributed by atoms with Crippen LogP contribution in [-0.4, -0.2) is 12.8 Å². The molecule has 0 aromatic carbocycles. The molecule has 0 aliphatic heterocycles. The molecule has 9 heavy (non-hydrogen) atoms. The minimum absolute atomic E-state index is 1.17. The maximum atomic E-state index is 2.29. The molecule has 0 aromatic heterocycles. The van der Waals surface area contributed by atoms with Gasteiger partial charge in [0.2, 0.25) is 0 Å². The molecule has 0 saturated carbocycles. The molecule has 0 bridgehead atoms. The zero-order valence-electron chi connectivity index (χ0n) is 6.74. The highest BCUT2D eigenvalue weighted by Gasteiger charge is 1.85. The van der Waals surface area contributed by atoms with Crippen LogP contribution >= 0.6 is 8.58 Å². The van der Waals surface area contributed by atoms with Crippen molar-refractivity contribution < 1.29 is 0 Å². The van der Waals surface area contributed by atoms with E-state index in [9.17, 15) is 0 Å². The van der Waals surface area contributed by atoms with Crippen molar-refractivity contribution >= 4 is 8.58 Å². The Morgan fingerprint density at radius 1 is 1.00 bits per heavy atom. The number of rotatable bonds is 6. The molecule has 0 heterocycles. The molecule has 0 nitrogen and oxygen atoms in total. The fourth-order valence-corrected chi connectivity index (χ4v) is 1.51. The quantitative estimate of drug-likeness (QED) is 0.398. The monoisotopic (exact) mass is 146 g/mol. The third kappa shape index (κ3) is 8.43. The van der Waals surface area contributed by atoms with Crippen LogP contribution < -0.4 is 0 Å². The van der Waals surface area contributed by atoms with Gasteiger partial charge in [-0.1, -0.05) is 32.6 Å². The fourth-order valence-electron chi connectivity index (χ4n) is 0.905. The Labute approximate surface area is 61.2 Å². The normalized spacial score (nSPS) is 11.3. The first-order valence-electron chi connectivity index (χ1n) is 4.06. The molecule has 0 aromatic rings. The maximum absolute atomic E-state index is 2.29. The summed E-state index contributed by atoms with van der Waals surface area (Å²) in [6.07, 6.45) is 8.66. The van der Waals surface area contributed by atoms with Crippen LogP contribution in [0.3, 0.4) is 0 Å². The second-order valence-corrected chi connectivity index (χ2v) is 3.72. The van der Waals surface area contributed by atoms with Crippen molar-refractivity contribution in [2.45, 2.75) is 39.0 Å². The van der Waals surface area contributed by atoms with E-state index >= 15 is 0 Å². The zero-order chi connectivity index (χ0) is 6.95. The highest BCUT2D eigenvalue weighted by molar-refractivity contribution is 7.36. The second kappa shape index (κ2) is 8.43. The highest BCUT2D eigenvalue weighted by atomic mass is 31.1. The molecule has 1 atom stereocenters. The van der Waals surface area contributed by atoms with E-state index in [0.717, 1.165) is 0 Å². The van der Waals surface area contributed by atoms with Crippen LogP contribution in [0.1, 0.15) is 39.0 Å². The van der Waals surface area contributed by atoms with E-state index in [-0.39, 0.29) is 0 Å². The summed E-state index contributed by atoms with van der Waals surface area (Å²) in [5.41, 5.74) is 0. The van der Waals surface area contributed by atoms with Gasteiger partial charge >= 0.3 is 0 Å². The van der Waals surface area contributed by atoms with E-state index in [4.69, 9.17) is 0 Å². The van der Waals surface area contributed by atoms with Crippen molar-refractivity contribution in [1.82, 2.24) is 0 Å². The van der Waals surface area contributed by atoms with E-state index in [1.54, 1.807) is 0 Å². The lowest BCUT2D eigenvalue weighted by Gasteiger charge is -1.96. The Kier molecular flexibility index (Phi) is 8.83. The minimum Gasteiger partial charge on any atom is -0.125 e. The summed E-state index contributed by atoms with van der Waals surface area (Å²) in [5, 5.41) is 0. The van der Waals surface area contributed by atoms with Crippen LogP contribution in [0, 0.1) is 0 Å². The summed E-state index contributed by atoms with van der Waals surface area (Å²) in [6, 6.07) is 0. The molecule has 0 amide bonds. The molecule has 0 saturated heterocycles. The van der Waals surface area contributed by atoms with Gasteiger partial charge in [-0.3, -0.25) is 0 Å². The van der Waals surface area contributed by atoms with Crippen molar-refractivity contribution in [2.75, 3.05) is 12.8 Å². The maximum Gasteiger partial charge on any atom is -0.0356 e. The minimum atomic E-state index is 1.17. The first kappa shape index (κ1) is 9.43. The largest absolute Gasteiger partial charge is 0.125 e. The van der Waals surface area contributed by atoms with Gasteiger partial charge in [0.15, 0.2) is 0 Å². The van der Waals surface area contributed by atoms with E-state index < -0.39 is 0 Å². The molecular weight excluding hydrogens is 127 g/mol. The van der Waals surface area contributed by atoms with Crippen molar-refractivity contribution in [1.29, 1.82) is 0 Å². The lowest BCUT2D eigenvalue weighted by atomic mass is 10.2. The third-order valence-corrected chi connectivity index (χ3v) is 2.38. The first-order chi connectivity index (χ1) is 4.41. The van der Waals surface area contributed by atoms with Gasteiger partial charge in [0, 0.05) is 0 Å². The fraction of sp³-hybridized carbons (Fsp3) is 1.00. The van der Waals surface area contributed by atoms with Crippen LogP contribution in [0.4, 0.5) is 0 Å². The number of unbranched alkanes of at least 4 members (excludes halogenated alkanes) is 4. The summed E-state index contributed by atoms with van der Waals surface area (Å²) in [4.78, 5) is 0. The molecule has 56 valence electrons. The molecule has 0 N–H and O–H groups in total. The van der Waals surface area contributed by atoms with Crippen LogP contribution in [0.2, 0.25) is 0 Å². The van der Waals surface area contributed by atoms with Crippen LogP contribution in [0.25, 0.3) is 0 Å². The second-order valence-electron chi connectivity index (χ2n) is 2.52. The van der Waals surface area contributed by atoms with Gasteiger partial charge in [-0.05, 0) is 19.2 Å². The van der Waals surface area contributed by atoms with Gasteiger partial charge in [-0.25, -0.2) is 0 Å². The summed E-state index contributed by atoms with van der Waals surface area (Å²) in [5.74, 6) is 0. The Morgan fingerprint density at radius 3 is 2.22 bits per heavy atom. The Hall–Kier alpha value is 0.430. The van der Waals surface area contributed by atoms with Gasteiger partial charge in [-0.15, -0.1) is 8.58 Å². The van der Waals surface area contributed by atoms with Crippen LogP contribution in [0.5, 0.6) is 0 Å².